The zero-order valence-corrected chi connectivity index (χ0v) is 11.3. The van der Waals surface area contributed by atoms with Crippen LogP contribution in [0.3, 0.4) is 0 Å². The van der Waals surface area contributed by atoms with Gasteiger partial charge in [0.2, 0.25) is 0 Å². The molecule has 1 aromatic heterocycles. The Balaban J connectivity index is 1.87. The van der Waals surface area contributed by atoms with Crippen molar-refractivity contribution in [1.29, 1.82) is 0 Å². The summed E-state index contributed by atoms with van der Waals surface area (Å²) in [6.07, 6.45) is 0.531. The molecule has 96 valence electrons. The Labute approximate surface area is 112 Å². The number of hydrogen-bond donors (Lipinski definition) is 2. The van der Waals surface area contributed by atoms with E-state index in [1.165, 1.54) is 0 Å². The van der Waals surface area contributed by atoms with Gasteiger partial charge in [-0.05, 0) is 19.9 Å². The summed E-state index contributed by atoms with van der Waals surface area (Å²) in [7, 11) is 0. The SMILES string of the molecule is CC(O)CCNCc1csc(-c2ccccc2)n1. The van der Waals surface area contributed by atoms with E-state index in [1.807, 2.05) is 18.2 Å². The molecule has 4 heteroatoms. The first kappa shape index (κ1) is 13.2. The second kappa shape index (κ2) is 6.64. The van der Waals surface area contributed by atoms with Crippen molar-refractivity contribution >= 4 is 11.3 Å². The molecule has 0 aliphatic rings. The van der Waals surface area contributed by atoms with Crippen molar-refractivity contribution in [2.45, 2.75) is 26.0 Å². The third kappa shape index (κ3) is 3.91. The number of benzene rings is 1. The van der Waals surface area contributed by atoms with Crippen LogP contribution in [-0.2, 0) is 6.54 Å². The lowest BCUT2D eigenvalue weighted by Gasteiger charge is -2.04. The molecule has 0 aliphatic heterocycles. The third-order valence-corrected chi connectivity index (χ3v) is 3.56. The summed E-state index contributed by atoms with van der Waals surface area (Å²) in [6, 6.07) is 10.2. The molecule has 0 bridgehead atoms. The van der Waals surface area contributed by atoms with E-state index < -0.39 is 0 Å². The molecule has 0 fully saturated rings. The normalized spacial score (nSPS) is 12.6. The Morgan fingerprint density at radius 1 is 1.33 bits per heavy atom. The van der Waals surface area contributed by atoms with Gasteiger partial charge in [0.05, 0.1) is 11.8 Å². The lowest BCUT2D eigenvalue weighted by molar-refractivity contribution is 0.183. The number of aliphatic hydroxyl groups excluding tert-OH is 1. The van der Waals surface area contributed by atoms with Crippen molar-refractivity contribution in [2.24, 2.45) is 0 Å². The van der Waals surface area contributed by atoms with Crippen molar-refractivity contribution in [3.63, 3.8) is 0 Å². The summed E-state index contributed by atoms with van der Waals surface area (Å²) in [5.74, 6) is 0. The average molecular weight is 262 g/mol. The molecule has 2 aromatic rings. The van der Waals surface area contributed by atoms with E-state index in [4.69, 9.17) is 5.11 Å². The zero-order chi connectivity index (χ0) is 12.8. The predicted octanol–water partition coefficient (Wildman–Crippen LogP) is 2.67. The summed E-state index contributed by atoms with van der Waals surface area (Å²) < 4.78 is 0. The van der Waals surface area contributed by atoms with Gasteiger partial charge < -0.3 is 10.4 Å². The molecule has 0 spiro atoms. The number of rotatable bonds is 6. The number of aliphatic hydroxyl groups is 1. The predicted molar refractivity (Wildman–Crippen MR) is 75.6 cm³/mol. The third-order valence-electron chi connectivity index (χ3n) is 2.62. The van der Waals surface area contributed by atoms with Gasteiger partial charge in [-0.15, -0.1) is 11.3 Å². The lowest BCUT2D eigenvalue weighted by Crippen LogP contribution is -2.18. The highest BCUT2D eigenvalue weighted by Gasteiger charge is 2.03. The van der Waals surface area contributed by atoms with E-state index in [2.05, 4.69) is 27.8 Å². The molecule has 1 aromatic carbocycles. The minimum atomic E-state index is -0.243. The molecule has 1 unspecified atom stereocenters. The molecule has 0 saturated carbocycles. The van der Waals surface area contributed by atoms with Crippen LogP contribution in [0, 0.1) is 0 Å². The van der Waals surface area contributed by atoms with Gasteiger partial charge in [-0.25, -0.2) is 4.98 Å². The Morgan fingerprint density at radius 3 is 2.83 bits per heavy atom. The second-order valence-corrected chi connectivity index (χ2v) is 5.18. The minimum absolute atomic E-state index is 0.243. The van der Waals surface area contributed by atoms with E-state index in [0.717, 1.165) is 35.8 Å². The van der Waals surface area contributed by atoms with Crippen molar-refractivity contribution in [2.75, 3.05) is 6.54 Å². The van der Waals surface area contributed by atoms with Gasteiger partial charge in [0.1, 0.15) is 5.01 Å². The highest BCUT2D eigenvalue weighted by atomic mass is 32.1. The van der Waals surface area contributed by atoms with E-state index >= 15 is 0 Å². The largest absolute Gasteiger partial charge is 0.393 e. The van der Waals surface area contributed by atoms with Gasteiger partial charge in [0.15, 0.2) is 0 Å². The van der Waals surface area contributed by atoms with Crippen LogP contribution in [0.15, 0.2) is 35.7 Å². The van der Waals surface area contributed by atoms with Crippen LogP contribution in [0.2, 0.25) is 0 Å². The fourth-order valence-electron chi connectivity index (χ4n) is 1.63. The maximum atomic E-state index is 9.15. The monoisotopic (exact) mass is 262 g/mol. The molecule has 2 rings (SSSR count). The molecule has 1 atom stereocenters. The number of aromatic nitrogens is 1. The zero-order valence-electron chi connectivity index (χ0n) is 10.5. The molecule has 2 N–H and O–H groups in total. The molecular formula is C14H18N2OS. The van der Waals surface area contributed by atoms with Crippen LogP contribution in [0.4, 0.5) is 0 Å². The van der Waals surface area contributed by atoms with Crippen LogP contribution < -0.4 is 5.32 Å². The molecule has 0 saturated heterocycles. The minimum Gasteiger partial charge on any atom is -0.393 e. The average Bonchev–Trinajstić information content (AvgIpc) is 2.84. The summed E-state index contributed by atoms with van der Waals surface area (Å²) in [6.45, 7) is 3.38. The van der Waals surface area contributed by atoms with Crippen LogP contribution in [0.1, 0.15) is 19.0 Å². The van der Waals surface area contributed by atoms with Gasteiger partial charge in [-0.2, -0.15) is 0 Å². The molecule has 1 heterocycles. The van der Waals surface area contributed by atoms with Crippen molar-refractivity contribution in [3.05, 3.63) is 41.4 Å². The Hall–Kier alpha value is -1.23. The first-order chi connectivity index (χ1) is 8.75. The Kier molecular flexibility index (Phi) is 4.87. The summed E-state index contributed by atoms with van der Waals surface area (Å²) in [4.78, 5) is 4.59. The highest BCUT2D eigenvalue weighted by Crippen LogP contribution is 2.22. The smallest absolute Gasteiger partial charge is 0.123 e. The molecule has 0 amide bonds. The topological polar surface area (TPSA) is 45.1 Å². The maximum Gasteiger partial charge on any atom is 0.123 e. The Morgan fingerprint density at radius 2 is 2.11 bits per heavy atom. The molecular weight excluding hydrogens is 244 g/mol. The van der Waals surface area contributed by atoms with Gasteiger partial charge in [-0.3, -0.25) is 0 Å². The standard InChI is InChI=1S/C14H18N2OS/c1-11(17)7-8-15-9-13-10-18-14(16-13)12-5-3-2-4-6-12/h2-6,10-11,15,17H,7-9H2,1H3. The van der Waals surface area contributed by atoms with E-state index in [1.54, 1.807) is 18.3 Å². The summed E-state index contributed by atoms with van der Waals surface area (Å²) in [5, 5.41) is 15.6. The number of nitrogens with zero attached hydrogens (tertiary/aromatic N) is 1. The van der Waals surface area contributed by atoms with Crippen LogP contribution in [-0.4, -0.2) is 22.7 Å². The summed E-state index contributed by atoms with van der Waals surface area (Å²) >= 11 is 1.67. The fourth-order valence-corrected chi connectivity index (χ4v) is 2.45. The van der Waals surface area contributed by atoms with Gasteiger partial charge in [0, 0.05) is 17.5 Å². The fraction of sp³-hybridized carbons (Fsp3) is 0.357. The summed E-state index contributed by atoms with van der Waals surface area (Å²) in [5.41, 5.74) is 2.22. The van der Waals surface area contributed by atoms with Crippen molar-refractivity contribution < 1.29 is 5.11 Å². The number of nitrogens with one attached hydrogen (secondary N) is 1. The van der Waals surface area contributed by atoms with Gasteiger partial charge >= 0.3 is 0 Å². The highest BCUT2D eigenvalue weighted by molar-refractivity contribution is 7.13. The van der Waals surface area contributed by atoms with Crippen LogP contribution >= 0.6 is 11.3 Å². The van der Waals surface area contributed by atoms with Gasteiger partial charge in [-0.1, -0.05) is 30.3 Å². The number of thiazole rings is 1. The molecule has 0 aliphatic carbocycles. The Bertz CT molecular complexity index is 468. The first-order valence-corrected chi connectivity index (χ1v) is 7.02. The molecule has 0 radical (unpaired) electrons. The lowest BCUT2D eigenvalue weighted by atomic mass is 10.2. The van der Waals surface area contributed by atoms with Crippen LogP contribution in [0.5, 0.6) is 0 Å². The molecule has 3 nitrogen and oxygen atoms in total. The maximum absolute atomic E-state index is 9.15. The number of hydrogen-bond acceptors (Lipinski definition) is 4. The molecule has 18 heavy (non-hydrogen) atoms. The van der Waals surface area contributed by atoms with Crippen molar-refractivity contribution in [3.8, 4) is 10.6 Å². The van der Waals surface area contributed by atoms with E-state index in [-0.39, 0.29) is 6.10 Å². The van der Waals surface area contributed by atoms with E-state index in [9.17, 15) is 0 Å². The second-order valence-electron chi connectivity index (χ2n) is 4.32. The quantitative estimate of drug-likeness (QED) is 0.787. The van der Waals surface area contributed by atoms with Crippen molar-refractivity contribution in [1.82, 2.24) is 10.3 Å². The van der Waals surface area contributed by atoms with Crippen LogP contribution in [0.25, 0.3) is 10.6 Å². The first-order valence-electron chi connectivity index (χ1n) is 6.14. The van der Waals surface area contributed by atoms with Gasteiger partial charge in [0.25, 0.3) is 0 Å². The van der Waals surface area contributed by atoms with E-state index in [0.29, 0.717) is 0 Å².